The van der Waals surface area contributed by atoms with Gasteiger partial charge >= 0.3 is 0 Å². The molecule has 1 N–H and O–H groups in total. The summed E-state index contributed by atoms with van der Waals surface area (Å²) in [5, 5.41) is 9.62. The lowest BCUT2D eigenvalue weighted by Gasteiger charge is -2.55. The minimum absolute atomic E-state index is 0.163. The molecule has 0 aromatic heterocycles. The minimum atomic E-state index is 0.163. The van der Waals surface area contributed by atoms with E-state index < -0.39 is 0 Å². The number of aliphatic hydroxyl groups is 1. The van der Waals surface area contributed by atoms with Crippen LogP contribution in [-0.4, -0.2) is 36.2 Å². The van der Waals surface area contributed by atoms with E-state index in [9.17, 15) is 5.11 Å². The van der Waals surface area contributed by atoms with Crippen LogP contribution in [-0.2, 0) is 0 Å². The molecule has 0 unspecified atom stereocenters. The first-order chi connectivity index (χ1) is 8.17. The molecular formula is C15H29NO. The van der Waals surface area contributed by atoms with E-state index in [1.54, 1.807) is 0 Å². The molecule has 0 aromatic carbocycles. The van der Waals surface area contributed by atoms with Gasteiger partial charge in [0.05, 0.1) is 0 Å². The van der Waals surface area contributed by atoms with Gasteiger partial charge in [0.2, 0.25) is 0 Å². The van der Waals surface area contributed by atoms with E-state index in [0.29, 0.717) is 12.0 Å². The lowest BCUT2D eigenvalue weighted by atomic mass is 9.67. The number of nitrogens with zero attached hydrogens (tertiary/aromatic N) is 1. The van der Waals surface area contributed by atoms with Crippen molar-refractivity contribution in [3.05, 3.63) is 0 Å². The van der Waals surface area contributed by atoms with Crippen molar-refractivity contribution < 1.29 is 5.11 Å². The molecular weight excluding hydrogens is 210 g/mol. The fourth-order valence-corrected chi connectivity index (χ4v) is 3.85. The fourth-order valence-electron chi connectivity index (χ4n) is 3.85. The Labute approximate surface area is 106 Å². The first kappa shape index (κ1) is 13.4. The van der Waals surface area contributed by atoms with Crippen molar-refractivity contribution in [3.8, 4) is 0 Å². The number of hydrogen-bond acceptors (Lipinski definition) is 2. The first-order valence-corrected chi connectivity index (χ1v) is 7.51. The van der Waals surface area contributed by atoms with Crippen LogP contribution in [0.4, 0.5) is 0 Å². The van der Waals surface area contributed by atoms with Crippen LogP contribution in [0.3, 0.4) is 0 Å². The van der Waals surface area contributed by atoms with Crippen LogP contribution in [0.2, 0.25) is 0 Å². The summed E-state index contributed by atoms with van der Waals surface area (Å²) < 4.78 is 0. The molecule has 0 atom stereocenters. The zero-order valence-electron chi connectivity index (χ0n) is 11.7. The summed E-state index contributed by atoms with van der Waals surface area (Å²) in [5.74, 6) is 0. The molecule has 2 rings (SSSR count). The van der Waals surface area contributed by atoms with Crippen LogP contribution in [0, 0.1) is 10.8 Å². The summed E-state index contributed by atoms with van der Waals surface area (Å²) in [6.45, 7) is 8.50. The number of likely N-dealkylation sites (tertiary alicyclic amines) is 1. The smallest absolute Gasteiger partial charge is 0.0499 e. The summed E-state index contributed by atoms with van der Waals surface area (Å²) in [5.41, 5.74) is 0.844. The third-order valence-electron chi connectivity index (χ3n) is 5.43. The van der Waals surface area contributed by atoms with Crippen LogP contribution >= 0.6 is 0 Å². The van der Waals surface area contributed by atoms with E-state index in [2.05, 4.69) is 18.7 Å². The van der Waals surface area contributed by atoms with Crippen LogP contribution in [0.25, 0.3) is 0 Å². The lowest BCUT2D eigenvalue weighted by Crippen LogP contribution is -2.59. The number of aliphatic hydroxyl groups excluding tert-OH is 1. The molecule has 1 heterocycles. The van der Waals surface area contributed by atoms with E-state index >= 15 is 0 Å². The summed E-state index contributed by atoms with van der Waals surface area (Å²) in [6.07, 6.45) is 9.45. The molecule has 0 radical (unpaired) electrons. The summed E-state index contributed by atoms with van der Waals surface area (Å²) in [4.78, 5) is 2.59. The van der Waals surface area contributed by atoms with E-state index in [0.717, 1.165) is 19.4 Å². The Hall–Kier alpha value is -0.0800. The molecule has 1 saturated heterocycles. The van der Waals surface area contributed by atoms with Crippen molar-refractivity contribution in [1.82, 2.24) is 4.90 Å². The Morgan fingerprint density at radius 3 is 2.12 bits per heavy atom. The topological polar surface area (TPSA) is 23.5 Å². The van der Waals surface area contributed by atoms with Crippen LogP contribution in [0.5, 0.6) is 0 Å². The molecule has 0 aromatic rings. The molecule has 2 nitrogen and oxygen atoms in total. The second-order valence-corrected chi connectivity index (χ2v) is 6.57. The molecule has 2 heteroatoms. The molecule has 1 saturated carbocycles. The van der Waals surface area contributed by atoms with E-state index in [4.69, 9.17) is 0 Å². The third kappa shape index (κ3) is 2.68. The molecule has 2 aliphatic rings. The monoisotopic (exact) mass is 239 g/mol. The summed E-state index contributed by atoms with van der Waals surface area (Å²) >= 11 is 0. The Bertz CT molecular complexity index is 225. The van der Waals surface area contributed by atoms with Gasteiger partial charge in [-0.25, -0.2) is 0 Å². The predicted octanol–water partition coefficient (Wildman–Crippen LogP) is 3.05. The van der Waals surface area contributed by atoms with Crippen molar-refractivity contribution in [2.45, 2.75) is 58.8 Å². The quantitative estimate of drug-likeness (QED) is 0.797. The average molecular weight is 239 g/mol. The van der Waals surface area contributed by atoms with Crippen molar-refractivity contribution in [1.29, 1.82) is 0 Å². The largest absolute Gasteiger partial charge is 0.396 e. The Morgan fingerprint density at radius 1 is 1.06 bits per heavy atom. The van der Waals surface area contributed by atoms with Gasteiger partial charge in [-0.2, -0.15) is 0 Å². The molecule has 0 amide bonds. The van der Waals surface area contributed by atoms with E-state index in [1.807, 2.05) is 0 Å². The maximum Gasteiger partial charge on any atom is 0.0499 e. The number of hydrogen-bond donors (Lipinski definition) is 1. The van der Waals surface area contributed by atoms with Crippen molar-refractivity contribution >= 4 is 0 Å². The maximum atomic E-state index is 9.62. The summed E-state index contributed by atoms with van der Waals surface area (Å²) in [7, 11) is 0. The van der Waals surface area contributed by atoms with Gasteiger partial charge in [-0.15, -0.1) is 0 Å². The van der Waals surface area contributed by atoms with Crippen molar-refractivity contribution in [2.24, 2.45) is 10.8 Å². The zero-order valence-corrected chi connectivity index (χ0v) is 11.7. The van der Waals surface area contributed by atoms with Gasteiger partial charge < -0.3 is 10.0 Å². The molecule has 0 bridgehead atoms. The highest BCUT2D eigenvalue weighted by molar-refractivity contribution is 4.98. The predicted molar refractivity (Wildman–Crippen MR) is 72.1 cm³/mol. The third-order valence-corrected chi connectivity index (χ3v) is 5.43. The van der Waals surface area contributed by atoms with Crippen LogP contribution in [0.15, 0.2) is 0 Å². The maximum absolute atomic E-state index is 9.62. The Kier molecular flexibility index (Phi) is 4.14. The molecule has 17 heavy (non-hydrogen) atoms. The second-order valence-electron chi connectivity index (χ2n) is 6.57. The standard InChI is InChI=1S/C15H29NO/c1-3-14(4-2,13-17)10-16-11-15(12-16)8-6-5-7-9-15/h17H,3-13H2,1-2H3. The van der Waals surface area contributed by atoms with Gasteiger partial charge in [-0.05, 0) is 31.1 Å². The molecule has 100 valence electrons. The van der Waals surface area contributed by atoms with Crippen molar-refractivity contribution in [3.63, 3.8) is 0 Å². The summed E-state index contributed by atoms with van der Waals surface area (Å²) in [6, 6.07) is 0. The first-order valence-electron chi connectivity index (χ1n) is 7.51. The van der Waals surface area contributed by atoms with Crippen LogP contribution < -0.4 is 0 Å². The van der Waals surface area contributed by atoms with Gasteiger partial charge in [0.1, 0.15) is 0 Å². The van der Waals surface area contributed by atoms with Crippen molar-refractivity contribution in [2.75, 3.05) is 26.2 Å². The lowest BCUT2D eigenvalue weighted by molar-refractivity contribution is -0.0623. The number of rotatable bonds is 5. The van der Waals surface area contributed by atoms with E-state index in [-0.39, 0.29) is 5.41 Å². The zero-order chi connectivity index (χ0) is 12.4. The van der Waals surface area contributed by atoms with E-state index in [1.165, 1.54) is 45.2 Å². The highest BCUT2D eigenvalue weighted by Gasteiger charge is 2.45. The highest BCUT2D eigenvalue weighted by Crippen LogP contribution is 2.45. The SMILES string of the molecule is CCC(CC)(CO)CN1CC2(CCCCC2)C1. The van der Waals surface area contributed by atoms with Gasteiger partial charge in [0.15, 0.2) is 0 Å². The average Bonchev–Trinajstić information content (AvgIpc) is 2.35. The second kappa shape index (κ2) is 5.27. The molecule has 1 aliphatic carbocycles. The van der Waals surface area contributed by atoms with Gasteiger partial charge in [-0.3, -0.25) is 0 Å². The normalized spacial score (nSPS) is 24.9. The Balaban J connectivity index is 1.83. The van der Waals surface area contributed by atoms with Gasteiger partial charge in [0, 0.05) is 31.7 Å². The molecule has 1 aliphatic heterocycles. The van der Waals surface area contributed by atoms with Gasteiger partial charge in [-0.1, -0.05) is 33.1 Å². The van der Waals surface area contributed by atoms with Gasteiger partial charge in [0.25, 0.3) is 0 Å². The molecule has 2 fully saturated rings. The Morgan fingerprint density at radius 2 is 1.65 bits per heavy atom. The van der Waals surface area contributed by atoms with Crippen LogP contribution in [0.1, 0.15) is 58.8 Å². The fraction of sp³-hybridized carbons (Fsp3) is 1.00. The highest BCUT2D eigenvalue weighted by atomic mass is 16.3. The minimum Gasteiger partial charge on any atom is -0.396 e. The molecule has 1 spiro atoms.